The van der Waals surface area contributed by atoms with Crippen LogP contribution in [0.15, 0.2) is 30.3 Å². The van der Waals surface area contributed by atoms with Crippen molar-refractivity contribution >= 4 is 12.1 Å². The predicted molar refractivity (Wildman–Crippen MR) is 59.3 cm³/mol. The Hall–Kier alpha value is -2.04. The van der Waals surface area contributed by atoms with Crippen molar-refractivity contribution < 1.29 is 20.4 Å². The van der Waals surface area contributed by atoms with Crippen molar-refractivity contribution in [2.45, 2.75) is 6.04 Å². The Balaban J connectivity index is 2.26. The highest BCUT2D eigenvalue weighted by molar-refractivity contribution is 5.79. The summed E-state index contributed by atoms with van der Waals surface area (Å²) in [4.78, 5) is 24.0. The fourth-order valence-corrected chi connectivity index (χ4v) is 1.67. The van der Waals surface area contributed by atoms with Crippen LogP contribution < -0.4 is 0 Å². The second kappa shape index (κ2) is 4.86. The maximum Gasteiger partial charge on any atom is 0.411 e. The smallest absolute Gasteiger partial charge is 0.411 e. The van der Waals surface area contributed by atoms with Gasteiger partial charge in [0.25, 0.3) is 0 Å². The van der Waals surface area contributed by atoms with Crippen molar-refractivity contribution in [1.82, 2.24) is 4.90 Å². The molecule has 0 bridgehead atoms. The number of carbonyl (C=O) groups excluding carboxylic acids is 2. The average molecular weight is 236 g/mol. The van der Waals surface area contributed by atoms with Crippen LogP contribution in [0, 0.1) is 0 Å². The Morgan fingerprint density at radius 1 is 1.59 bits per heavy atom. The SMILES string of the molecule is [2H][C@H](C(=O)OC)N1C(=O)OC[C@@H]1c1ccccc1. The number of benzene rings is 1. The highest BCUT2D eigenvalue weighted by Gasteiger charge is 2.35. The van der Waals surface area contributed by atoms with Crippen LogP contribution in [0.25, 0.3) is 0 Å². The monoisotopic (exact) mass is 236 g/mol. The summed E-state index contributed by atoms with van der Waals surface area (Å²) in [5.41, 5.74) is 0.824. The van der Waals surface area contributed by atoms with E-state index in [-0.39, 0.29) is 6.61 Å². The molecule has 2 atom stereocenters. The number of carbonyl (C=O) groups is 2. The summed E-state index contributed by atoms with van der Waals surface area (Å²) >= 11 is 0. The zero-order chi connectivity index (χ0) is 13.1. The van der Waals surface area contributed by atoms with Crippen molar-refractivity contribution in [1.29, 1.82) is 0 Å². The van der Waals surface area contributed by atoms with E-state index in [1.165, 1.54) is 7.11 Å². The first-order valence-electron chi connectivity index (χ1n) is 5.73. The van der Waals surface area contributed by atoms with Gasteiger partial charge in [-0.15, -0.1) is 0 Å². The van der Waals surface area contributed by atoms with Crippen LogP contribution in [0.4, 0.5) is 4.79 Å². The molecule has 0 radical (unpaired) electrons. The van der Waals surface area contributed by atoms with Crippen molar-refractivity contribution in [3.05, 3.63) is 35.9 Å². The molecule has 5 nitrogen and oxygen atoms in total. The second-order valence-corrected chi connectivity index (χ2v) is 3.56. The average Bonchev–Trinajstić information content (AvgIpc) is 2.80. The lowest BCUT2D eigenvalue weighted by molar-refractivity contribution is -0.141. The van der Waals surface area contributed by atoms with Gasteiger partial charge in [0, 0.05) is 0 Å². The Bertz CT molecular complexity index is 451. The summed E-state index contributed by atoms with van der Waals surface area (Å²) in [5.74, 6) is -0.783. The molecular formula is C12H13NO4. The summed E-state index contributed by atoms with van der Waals surface area (Å²) in [6, 6.07) is 8.72. The molecule has 1 amide bonds. The van der Waals surface area contributed by atoms with Gasteiger partial charge in [-0.05, 0) is 5.56 Å². The molecule has 1 saturated heterocycles. The first kappa shape index (κ1) is 10.1. The van der Waals surface area contributed by atoms with Gasteiger partial charge in [-0.3, -0.25) is 9.69 Å². The number of methoxy groups -OCH3 is 1. The zero-order valence-electron chi connectivity index (χ0n) is 10.3. The molecule has 1 fully saturated rings. The summed E-state index contributed by atoms with van der Waals surface area (Å²) in [6.45, 7) is -1.27. The molecule has 0 spiro atoms. The molecular weight excluding hydrogens is 222 g/mol. The van der Waals surface area contributed by atoms with Gasteiger partial charge in [0.2, 0.25) is 0 Å². The van der Waals surface area contributed by atoms with Crippen molar-refractivity contribution in [3.63, 3.8) is 0 Å². The number of esters is 1. The van der Waals surface area contributed by atoms with Gasteiger partial charge in [0.05, 0.1) is 14.5 Å². The first-order chi connectivity index (χ1) is 8.65. The van der Waals surface area contributed by atoms with E-state index < -0.39 is 24.6 Å². The number of nitrogens with zero attached hydrogens (tertiary/aromatic N) is 1. The minimum absolute atomic E-state index is 0.134. The third-order valence-corrected chi connectivity index (χ3v) is 2.54. The minimum Gasteiger partial charge on any atom is -0.468 e. The zero-order valence-corrected chi connectivity index (χ0v) is 9.33. The Labute approximate surface area is 100 Å². The molecule has 1 aliphatic rings. The standard InChI is InChI=1S/C12H13NO4/c1-16-11(14)7-13-10(8-17-12(13)15)9-5-3-2-4-6-9/h2-6,10H,7-8H2,1H3/t10-/m1/s1/i7D/t7-,10-. The molecule has 90 valence electrons. The second-order valence-electron chi connectivity index (χ2n) is 3.56. The molecule has 1 aromatic carbocycles. The van der Waals surface area contributed by atoms with E-state index in [4.69, 9.17) is 6.11 Å². The molecule has 0 saturated carbocycles. The van der Waals surface area contributed by atoms with Crippen LogP contribution in [-0.2, 0) is 14.3 Å². The Morgan fingerprint density at radius 3 is 2.94 bits per heavy atom. The van der Waals surface area contributed by atoms with Crippen LogP contribution in [0.3, 0.4) is 0 Å². The lowest BCUT2D eigenvalue weighted by atomic mass is 10.1. The molecule has 1 heterocycles. The van der Waals surface area contributed by atoms with Gasteiger partial charge >= 0.3 is 12.1 Å². The Morgan fingerprint density at radius 2 is 2.29 bits per heavy atom. The molecule has 0 N–H and O–H groups in total. The van der Waals surface area contributed by atoms with E-state index in [2.05, 4.69) is 4.74 Å². The number of hydrogen-bond acceptors (Lipinski definition) is 4. The third kappa shape index (κ3) is 2.38. The molecule has 5 heteroatoms. The van der Waals surface area contributed by atoms with E-state index in [9.17, 15) is 9.59 Å². The number of rotatable bonds is 3. The molecule has 0 aliphatic carbocycles. The van der Waals surface area contributed by atoms with Crippen LogP contribution >= 0.6 is 0 Å². The van der Waals surface area contributed by atoms with Crippen LogP contribution in [0.1, 0.15) is 13.0 Å². The fourth-order valence-electron chi connectivity index (χ4n) is 1.67. The molecule has 0 unspecified atom stereocenters. The van der Waals surface area contributed by atoms with Crippen LogP contribution in [-0.4, -0.2) is 37.2 Å². The number of amides is 1. The van der Waals surface area contributed by atoms with E-state index >= 15 is 0 Å². The highest BCUT2D eigenvalue weighted by Crippen LogP contribution is 2.26. The van der Waals surface area contributed by atoms with Gasteiger partial charge in [-0.1, -0.05) is 30.3 Å². The molecule has 17 heavy (non-hydrogen) atoms. The third-order valence-electron chi connectivity index (χ3n) is 2.54. The maximum atomic E-state index is 11.6. The topological polar surface area (TPSA) is 55.8 Å². The quantitative estimate of drug-likeness (QED) is 0.743. The van der Waals surface area contributed by atoms with E-state index in [0.717, 1.165) is 10.5 Å². The van der Waals surface area contributed by atoms with E-state index in [1.54, 1.807) is 0 Å². The van der Waals surface area contributed by atoms with Crippen LogP contribution in [0.2, 0.25) is 0 Å². The summed E-state index contributed by atoms with van der Waals surface area (Å²) in [6.07, 6.45) is -0.672. The van der Waals surface area contributed by atoms with E-state index in [0.29, 0.717) is 0 Å². The fraction of sp³-hybridized carbons (Fsp3) is 0.333. The van der Waals surface area contributed by atoms with Crippen molar-refractivity contribution in [3.8, 4) is 0 Å². The number of ether oxygens (including phenoxy) is 2. The van der Waals surface area contributed by atoms with Crippen molar-refractivity contribution in [2.24, 2.45) is 0 Å². The lowest BCUT2D eigenvalue weighted by Crippen LogP contribution is -2.33. The van der Waals surface area contributed by atoms with Gasteiger partial charge in [-0.2, -0.15) is 0 Å². The molecule has 1 aromatic rings. The lowest BCUT2D eigenvalue weighted by Gasteiger charge is -2.20. The normalized spacial score (nSPS) is 21.7. The highest BCUT2D eigenvalue weighted by atomic mass is 16.6. The number of hydrogen-bond donors (Lipinski definition) is 0. The Kier molecular flexibility index (Phi) is 2.90. The number of cyclic esters (lactones) is 1. The molecule has 2 rings (SSSR count). The van der Waals surface area contributed by atoms with Gasteiger partial charge < -0.3 is 9.47 Å². The first-order valence-corrected chi connectivity index (χ1v) is 5.15. The summed E-state index contributed by atoms with van der Waals surface area (Å²) in [7, 11) is 1.18. The predicted octanol–water partition coefficient (Wildman–Crippen LogP) is 1.35. The van der Waals surface area contributed by atoms with Crippen molar-refractivity contribution in [2.75, 3.05) is 20.2 Å². The molecule has 1 aliphatic heterocycles. The summed E-state index contributed by atoms with van der Waals surface area (Å²) in [5, 5.41) is 0. The maximum absolute atomic E-state index is 11.6. The minimum atomic E-state index is -1.41. The van der Waals surface area contributed by atoms with Gasteiger partial charge in [-0.25, -0.2) is 4.79 Å². The molecule has 0 aromatic heterocycles. The van der Waals surface area contributed by atoms with E-state index in [1.807, 2.05) is 30.3 Å². The largest absolute Gasteiger partial charge is 0.468 e. The van der Waals surface area contributed by atoms with Crippen LogP contribution in [0.5, 0.6) is 0 Å². The van der Waals surface area contributed by atoms with Gasteiger partial charge in [0.15, 0.2) is 0 Å². The van der Waals surface area contributed by atoms with Gasteiger partial charge in [0.1, 0.15) is 13.1 Å². The summed E-state index contributed by atoms with van der Waals surface area (Å²) < 4.78 is 17.1.